The van der Waals surface area contributed by atoms with Gasteiger partial charge < -0.3 is 0 Å². The van der Waals surface area contributed by atoms with E-state index in [9.17, 15) is 0 Å². The minimum Gasteiger partial charge on any atom is -0.179 e. The molecule has 216 valence electrons. The molecule has 8 rings (SSSR count). The summed E-state index contributed by atoms with van der Waals surface area (Å²) in [6.45, 7) is 6.53. The summed E-state index contributed by atoms with van der Waals surface area (Å²) < 4.78 is 0. The Kier molecular flexibility index (Phi) is 11.8. The average Bonchev–Trinajstić information content (AvgIpc) is 3.66. The van der Waals surface area contributed by atoms with Crippen LogP contribution in [0.2, 0.25) is 13.1 Å². The van der Waals surface area contributed by atoms with E-state index in [0.29, 0.717) is 0 Å². The Morgan fingerprint density at radius 1 is 0.705 bits per heavy atom. The van der Waals surface area contributed by atoms with Crippen LogP contribution >= 0.6 is 17.0 Å². The van der Waals surface area contributed by atoms with Crippen LogP contribution < -0.4 is 0 Å². The van der Waals surface area contributed by atoms with Crippen molar-refractivity contribution in [3.05, 3.63) is 150 Å². The molecule has 0 nitrogen and oxygen atoms in total. The molecule has 0 amide bonds. The first-order valence-corrected chi connectivity index (χ1v) is 23.2. The van der Waals surface area contributed by atoms with Crippen LogP contribution in [0, 0.1) is 6.07 Å². The van der Waals surface area contributed by atoms with Crippen LogP contribution in [-0.4, -0.2) is 9.52 Å². The molecule has 0 aliphatic heterocycles. The molecule has 0 fully saturated rings. The number of fused-ring (bicyclic) bond motifs is 6. The number of benzene rings is 6. The predicted molar refractivity (Wildman–Crippen MR) is 192 cm³/mol. The number of hydrogen-bond acceptors (Lipinski definition) is 0. The third-order valence-corrected chi connectivity index (χ3v) is 7.88. The van der Waals surface area contributed by atoms with Gasteiger partial charge in [-0.25, -0.2) is 0 Å². The maximum Gasteiger partial charge on any atom is -0.0253 e. The summed E-state index contributed by atoms with van der Waals surface area (Å²) in [5.74, 6) is 0. The molecule has 0 N–H and O–H groups in total. The fraction of sp³-hybridized carbons (Fsp3) is 0.125. The van der Waals surface area contributed by atoms with Gasteiger partial charge in [0.25, 0.3) is 0 Å². The molecule has 44 heavy (non-hydrogen) atoms. The van der Waals surface area contributed by atoms with E-state index < -0.39 is 20.8 Å². The number of rotatable bonds is 2. The average molecular weight is 705 g/mol. The van der Waals surface area contributed by atoms with Gasteiger partial charge in [0.05, 0.1) is 0 Å². The van der Waals surface area contributed by atoms with Gasteiger partial charge in [0, 0.05) is 9.52 Å². The van der Waals surface area contributed by atoms with Crippen LogP contribution in [0.3, 0.4) is 0 Å². The minimum atomic E-state index is -0.826. The first-order chi connectivity index (χ1) is 21.6. The number of aryl methyl sites for hydroxylation is 1. The molecular formula is C40H34Cl2SiZr. The topological polar surface area (TPSA) is 0 Å². The standard InChI is InChI=1S/C25H19.C13H9.C2H6Si.2ClH.Zr/c1-2-17-14-18-10-7-13-23(24(18)15-17)25-21-11-5-3-8-19(21)16-20-9-4-6-12-22(20)25;1-3-7-12-10(5-1)9-11-6-2-4-8-13(11)12;1-3-2;;;/h3-16H,2H2,1H3;1-5,7-8H,9H2;1-2H3;2*1H;/q2*-1;;;;+4/p-2. The molecule has 7 aromatic carbocycles. The van der Waals surface area contributed by atoms with Crippen molar-refractivity contribution < 1.29 is 20.8 Å². The minimum absolute atomic E-state index is 0.826. The molecular weight excluding hydrogens is 671 g/mol. The van der Waals surface area contributed by atoms with Crippen LogP contribution in [0.5, 0.6) is 0 Å². The summed E-state index contributed by atoms with van der Waals surface area (Å²) in [6, 6.07) is 49.3. The van der Waals surface area contributed by atoms with E-state index >= 15 is 0 Å². The summed E-state index contributed by atoms with van der Waals surface area (Å²) in [5, 5.41) is 7.96. The Hall–Kier alpha value is -2.87. The van der Waals surface area contributed by atoms with Crippen LogP contribution in [0.1, 0.15) is 23.6 Å². The fourth-order valence-corrected chi connectivity index (χ4v) is 6.02. The van der Waals surface area contributed by atoms with Gasteiger partial charge in [-0.3, -0.25) is 0 Å². The maximum absolute atomic E-state index is 4.93. The van der Waals surface area contributed by atoms with E-state index in [4.69, 9.17) is 17.0 Å². The Morgan fingerprint density at radius 3 is 1.98 bits per heavy atom. The zero-order valence-electron chi connectivity index (χ0n) is 25.3. The Balaban J connectivity index is 0.000000169. The van der Waals surface area contributed by atoms with E-state index in [-0.39, 0.29) is 0 Å². The van der Waals surface area contributed by atoms with Gasteiger partial charge in [0.1, 0.15) is 0 Å². The first kappa shape index (κ1) is 32.5. The van der Waals surface area contributed by atoms with Gasteiger partial charge >= 0.3 is 37.9 Å². The Labute approximate surface area is 282 Å². The van der Waals surface area contributed by atoms with Crippen molar-refractivity contribution in [2.24, 2.45) is 0 Å². The Bertz CT molecular complexity index is 1890. The van der Waals surface area contributed by atoms with Crippen molar-refractivity contribution in [1.29, 1.82) is 0 Å². The summed E-state index contributed by atoms with van der Waals surface area (Å²) in [5.41, 5.74) is 9.61. The van der Waals surface area contributed by atoms with Crippen molar-refractivity contribution in [1.82, 2.24) is 0 Å². The van der Waals surface area contributed by atoms with Crippen molar-refractivity contribution in [2.75, 3.05) is 0 Å². The van der Waals surface area contributed by atoms with E-state index in [1.54, 1.807) is 0 Å². The van der Waals surface area contributed by atoms with Crippen molar-refractivity contribution in [2.45, 2.75) is 32.9 Å². The van der Waals surface area contributed by atoms with E-state index in [2.05, 4.69) is 147 Å². The molecule has 0 aromatic heterocycles. The molecule has 0 saturated carbocycles. The van der Waals surface area contributed by atoms with E-state index in [1.807, 2.05) is 6.07 Å². The maximum atomic E-state index is 4.93. The Morgan fingerprint density at radius 2 is 1.30 bits per heavy atom. The van der Waals surface area contributed by atoms with Crippen LogP contribution in [0.4, 0.5) is 0 Å². The van der Waals surface area contributed by atoms with E-state index in [1.165, 1.54) is 71.3 Å². The van der Waals surface area contributed by atoms with E-state index in [0.717, 1.165) is 22.4 Å². The van der Waals surface area contributed by atoms with Gasteiger partial charge in [0.2, 0.25) is 0 Å². The molecule has 2 radical (unpaired) electrons. The molecule has 4 heteroatoms. The number of halogens is 2. The van der Waals surface area contributed by atoms with Crippen LogP contribution in [0.25, 0.3) is 54.6 Å². The van der Waals surface area contributed by atoms with Crippen molar-refractivity contribution >= 4 is 58.9 Å². The quantitative estimate of drug-likeness (QED) is 0.0955. The van der Waals surface area contributed by atoms with Crippen LogP contribution in [0.15, 0.2) is 127 Å². The fourth-order valence-electron chi connectivity index (χ4n) is 6.02. The summed E-state index contributed by atoms with van der Waals surface area (Å²) in [4.78, 5) is 0. The second-order valence-electron chi connectivity index (χ2n) is 10.7. The zero-order chi connectivity index (χ0) is 30.9. The smallest absolute Gasteiger partial charge is 0.0253 e. The van der Waals surface area contributed by atoms with Gasteiger partial charge in [-0.1, -0.05) is 116 Å². The molecule has 0 heterocycles. The zero-order valence-corrected chi connectivity index (χ0v) is 30.3. The molecule has 0 saturated heterocycles. The molecule has 0 bridgehead atoms. The first-order valence-electron chi connectivity index (χ1n) is 14.8. The molecule has 0 unspecified atom stereocenters. The normalized spacial score (nSPS) is 10.8. The van der Waals surface area contributed by atoms with Crippen LogP contribution in [-0.2, 0) is 33.7 Å². The largest absolute Gasteiger partial charge is 0.179 e. The third kappa shape index (κ3) is 7.16. The SMILES string of the molecule is CCc1cc2c(-c3c4ccccc4cc4ccccc34)cccc2[cH-]1.C[Si]C.[Cl][Zr+2][Cl].[c-]1cccc2c1Cc1ccccc1-2. The second-order valence-corrected chi connectivity index (χ2v) is 15.4. The number of hydrogen-bond donors (Lipinski definition) is 0. The third-order valence-electron chi connectivity index (χ3n) is 7.88. The second kappa shape index (κ2) is 15.9. The summed E-state index contributed by atoms with van der Waals surface area (Å²) in [7, 11) is 11.0. The molecule has 0 atom stereocenters. The van der Waals surface area contributed by atoms with Crippen molar-refractivity contribution in [3.63, 3.8) is 0 Å². The molecule has 1 aliphatic rings. The molecule has 7 aromatic rings. The van der Waals surface area contributed by atoms with Gasteiger partial charge in [-0.05, 0) is 46.0 Å². The van der Waals surface area contributed by atoms with Gasteiger partial charge in [0.15, 0.2) is 0 Å². The van der Waals surface area contributed by atoms with Crippen molar-refractivity contribution in [3.8, 4) is 22.3 Å². The molecule has 1 aliphatic carbocycles. The molecule has 0 spiro atoms. The van der Waals surface area contributed by atoms with Gasteiger partial charge in [-0.2, -0.15) is 35.9 Å². The van der Waals surface area contributed by atoms with Gasteiger partial charge in [-0.15, -0.1) is 40.1 Å². The summed E-state index contributed by atoms with van der Waals surface area (Å²) in [6.07, 6.45) is 2.12. The predicted octanol–water partition coefficient (Wildman–Crippen LogP) is 12.3. The summed E-state index contributed by atoms with van der Waals surface area (Å²) >= 11 is -0.826. The monoisotopic (exact) mass is 702 g/mol.